The molecule has 0 aromatic heterocycles. The van der Waals surface area contributed by atoms with E-state index in [2.05, 4.69) is 0 Å². The van der Waals surface area contributed by atoms with Gasteiger partial charge in [-0.2, -0.15) is 0 Å². The minimum atomic E-state index is -1.11. The Morgan fingerprint density at radius 2 is 2.44 bits per heavy atom. The minimum absolute atomic E-state index is 0.732. The first-order valence-electron chi connectivity index (χ1n) is 2.39. The summed E-state index contributed by atoms with van der Waals surface area (Å²) in [5.41, 5.74) is 5.00. The Kier molecular flexibility index (Phi) is 3.62. The number of rotatable bonds is 3. The molecule has 0 unspecified atom stereocenters. The average Bonchev–Trinajstić information content (AvgIpc) is 1.83. The zero-order valence-electron chi connectivity index (χ0n) is 4.75. The minimum Gasteiger partial charge on any atom is -0.478 e. The molecule has 3 nitrogen and oxygen atoms in total. The SMILES string of the molecule is N[C@@H](C=CC(=O)O)CF. The van der Waals surface area contributed by atoms with Crippen molar-refractivity contribution in [3.05, 3.63) is 12.2 Å². The quantitative estimate of drug-likeness (QED) is 0.529. The maximum atomic E-state index is 11.5. The topological polar surface area (TPSA) is 63.3 Å². The van der Waals surface area contributed by atoms with Crippen LogP contribution in [0, 0.1) is 0 Å². The normalized spacial score (nSPS) is 14.0. The van der Waals surface area contributed by atoms with Gasteiger partial charge in [0.15, 0.2) is 0 Å². The number of carbonyl (C=O) groups is 1. The van der Waals surface area contributed by atoms with Gasteiger partial charge in [0.2, 0.25) is 0 Å². The highest BCUT2D eigenvalue weighted by Gasteiger charge is 1.94. The van der Waals surface area contributed by atoms with Crippen LogP contribution in [0.4, 0.5) is 4.39 Å². The molecule has 0 radical (unpaired) electrons. The molecule has 0 aliphatic carbocycles. The summed E-state index contributed by atoms with van der Waals surface area (Å²) in [4.78, 5) is 9.75. The number of hydrogen-bond acceptors (Lipinski definition) is 2. The Labute approximate surface area is 52.0 Å². The van der Waals surface area contributed by atoms with E-state index in [0.29, 0.717) is 0 Å². The Hall–Kier alpha value is -0.900. The van der Waals surface area contributed by atoms with Crippen LogP contribution in [0.2, 0.25) is 0 Å². The maximum absolute atomic E-state index is 11.5. The first-order valence-corrected chi connectivity index (χ1v) is 2.39. The lowest BCUT2D eigenvalue weighted by molar-refractivity contribution is -0.131. The van der Waals surface area contributed by atoms with Crippen LogP contribution in [0.25, 0.3) is 0 Å². The molecule has 0 bridgehead atoms. The second kappa shape index (κ2) is 4.03. The number of aliphatic carboxylic acids is 1. The second-order valence-electron chi connectivity index (χ2n) is 1.52. The van der Waals surface area contributed by atoms with Crippen molar-refractivity contribution in [1.29, 1.82) is 0 Å². The van der Waals surface area contributed by atoms with Gasteiger partial charge in [-0.3, -0.25) is 0 Å². The van der Waals surface area contributed by atoms with Gasteiger partial charge in [-0.15, -0.1) is 0 Å². The van der Waals surface area contributed by atoms with E-state index in [-0.39, 0.29) is 0 Å². The zero-order chi connectivity index (χ0) is 7.28. The molecule has 0 rings (SSSR count). The molecule has 0 spiro atoms. The van der Waals surface area contributed by atoms with Crippen LogP contribution in [0.1, 0.15) is 0 Å². The van der Waals surface area contributed by atoms with Crippen molar-refractivity contribution < 1.29 is 14.3 Å². The molecular weight excluding hydrogens is 125 g/mol. The Bertz CT molecular complexity index is 124. The van der Waals surface area contributed by atoms with E-state index >= 15 is 0 Å². The summed E-state index contributed by atoms with van der Waals surface area (Å²) >= 11 is 0. The number of hydrogen-bond donors (Lipinski definition) is 2. The number of nitrogens with two attached hydrogens (primary N) is 1. The number of carboxylic acid groups (broad SMARTS) is 1. The molecule has 0 aliphatic rings. The summed E-state index contributed by atoms with van der Waals surface area (Å²) in [7, 11) is 0. The molecule has 4 heteroatoms. The number of alkyl halides is 1. The van der Waals surface area contributed by atoms with Crippen LogP contribution in [0.5, 0.6) is 0 Å². The fraction of sp³-hybridized carbons (Fsp3) is 0.400. The van der Waals surface area contributed by atoms with Crippen molar-refractivity contribution in [1.82, 2.24) is 0 Å². The molecular formula is C5H8FNO2. The molecule has 0 saturated heterocycles. The maximum Gasteiger partial charge on any atom is 0.328 e. The van der Waals surface area contributed by atoms with Gasteiger partial charge in [-0.05, 0) is 0 Å². The van der Waals surface area contributed by atoms with E-state index in [1.807, 2.05) is 0 Å². The molecule has 0 aliphatic heterocycles. The summed E-state index contributed by atoms with van der Waals surface area (Å²) in [6.45, 7) is -0.732. The standard InChI is InChI=1S/C5H8FNO2/c6-3-4(7)1-2-5(8)9/h1-2,4H,3,7H2,(H,8,9)/t4-/m0/s1. The average molecular weight is 133 g/mol. The summed E-state index contributed by atoms with van der Waals surface area (Å²) in [6, 6.07) is -0.791. The zero-order valence-corrected chi connectivity index (χ0v) is 4.75. The summed E-state index contributed by atoms with van der Waals surface area (Å²) in [5, 5.41) is 7.99. The van der Waals surface area contributed by atoms with Gasteiger partial charge in [0.25, 0.3) is 0 Å². The van der Waals surface area contributed by atoms with Gasteiger partial charge < -0.3 is 10.8 Å². The molecule has 0 amide bonds. The predicted octanol–water partition coefficient (Wildman–Crippen LogP) is -0.0760. The Balaban J connectivity index is 3.56. The van der Waals surface area contributed by atoms with E-state index < -0.39 is 18.7 Å². The largest absolute Gasteiger partial charge is 0.478 e. The van der Waals surface area contributed by atoms with Crippen molar-refractivity contribution in [2.45, 2.75) is 6.04 Å². The smallest absolute Gasteiger partial charge is 0.328 e. The number of halogens is 1. The molecule has 1 atom stereocenters. The predicted molar refractivity (Wildman–Crippen MR) is 30.7 cm³/mol. The van der Waals surface area contributed by atoms with E-state index in [1.54, 1.807) is 0 Å². The van der Waals surface area contributed by atoms with Gasteiger partial charge >= 0.3 is 5.97 Å². The van der Waals surface area contributed by atoms with E-state index in [4.69, 9.17) is 10.8 Å². The molecule has 52 valence electrons. The highest BCUT2D eigenvalue weighted by Crippen LogP contribution is 1.82. The van der Waals surface area contributed by atoms with Gasteiger partial charge in [0, 0.05) is 6.08 Å². The summed E-state index contributed by atoms with van der Waals surface area (Å²) < 4.78 is 11.5. The highest BCUT2D eigenvalue weighted by molar-refractivity contribution is 5.79. The van der Waals surface area contributed by atoms with Crippen molar-refractivity contribution in [2.24, 2.45) is 5.73 Å². The van der Waals surface area contributed by atoms with Crippen LogP contribution in [-0.4, -0.2) is 23.8 Å². The van der Waals surface area contributed by atoms with Crippen LogP contribution in [0.3, 0.4) is 0 Å². The van der Waals surface area contributed by atoms with Crippen LogP contribution >= 0.6 is 0 Å². The van der Waals surface area contributed by atoms with Crippen molar-refractivity contribution in [3.8, 4) is 0 Å². The molecule has 0 aromatic carbocycles. The van der Waals surface area contributed by atoms with Gasteiger partial charge in [-0.1, -0.05) is 6.08 Å². The van der Waals surface area contributed by atoms with Crippen LogP contribution < -0.4 is 5.73 Å². The molecule has 0 saturated carbocycles. The third-order valence-electron chi connectivity index (χ3n) is 0.664. The van der Waals surface area contributed by atoms with Crippen molar-refractivity contribution >= 4 is 5.97 Å². The number of carboxylic acids is 1. The molecule has 0 aromatic rings. The molecule has 3 N–H and O–H groups in total. The summed E-state index contributed by atoms with van der Waals surface area (Å²) in [6.07, 6.45) is 1.92. The van der Waals surface area contributed by atoms with Crippen LogP contribution in [-0.2, 0) is 4.79 Å². The van der Waals surface area contributed by atoms with Gasteiger partial charge in [0.1, 0.15) is 6.67 Å². The fourth-order valence-electron chi connectivity index (χ4n) is 0.257. The fourth-order valence-corrected chi connectivity index (χ4v) is 0.257. The van der Waals surface area contributed by atoms with Crippen molar-refractivity contribution in [2.75, 3.05) is 6.67 Å². The third kappa shape index (κ3) is 4.96. The molecule has 0 fully saturated rings. The molecule has 0 heterocycles. The van der Waals surface area contributed by atoms with E-state index in [9.17, 15) is 9.18 Å². The monoisotopic (exact) mass is 133 g/mol. The Morgan fingerprint density at radius 3 is 2.78 bits per heavy atom. The highest BCUT2D eigenvalue weighted by atomic mass is 19.1. The first-order chi connectivity index (χ1) is 4.16. The van der Waals surface area contributed by atoms with E-state index in [0.717, 1.165) is 12.2 Å². The lowest BCUT2D eigenvalue weighted by Gasteiger charge is -1.94. The summed E-state index contributed by atoms with van der Waals surface area (Å²) in [5.74, 6) is -1.11. The van der Waals surface area contributed by atoms with E-state index in [1.165, 1.54) is 0 Å². The second-order valence-corrected chi connectivity index (χ2v) is 1.52. The van der Waals surface area contributed by atoms with Crippen LogP contribution in [0.15, 0.2) is 12.2 Å². The third-order valence-corrected chi connectivity index (χ3v) is 0.664. The van der Waals surface area contributed by atoms with Crippen molar-refractivity contribution in [3.63, 3.8) is 0 Å². The molecule has 9 heavy (non-hydrogen) atoms. The first kappa shape index (κ1) is 8.10. The Morgan fingerprint density at radius 1 is 1.89 bits per heavy atom. The lowest BCUT2D eigenvalue weighted by atomic mass is 10.3. The van der Waals surface area contributed by atoms with Gasteiger partial charge in [0.05, 0.1) is 6.04 Å². The van der Waals surface area contributed by atoms with Gasteiger partial charge in [-0.25, -0.2) is 9.18 Å². The lowest BCUT2D eigenvalue weighted by Crippen LogP contribution is -2.19.